The second-order valence-corrected chi connectivity index (χ2v) is 9.70. The molecule has 176 valence electrons. The molecule has 33 heavy (non-hydrogen) atoms. The smallest absolute Gasteiger partial charge is 0.290 e. The predicted octanol–water partition coefficient (Wildman–Crippen LogP) is 4.36. The molecule has 7 nitrogen and oxygen atoms in total. The number of aryl methyl sites for hydroxylation is 2. The fourth-order valence-electron chi connectivity index (χ4n) is 4.75. The molecule has 0 aliphatic carbocycles. The Morgan fingerprint density at radius 3 is 2.48 bits per heavy atom. The first kappa shape index (κ1) is 23.4. The lowest BCUT2D eigenvalue weighted by atomic mass is 9.94. The van der Waals surface area contributed by atoms with Crippen molar-refractivity contribution in [2.75, 3.05) is 31.1 Å². The highest BCUT2D eigenvalue weighted by Gasteiger charge is 2.45. The van der Waals surface area contributed by atoms with Crippen LogP contribution in [-0.2, 0) is 9.53 Å². The number of thiazole rings is 1. The number of ether oxygens (including phenoxy) is 1. The van der Waals surface area contributed by atoms with Gasteiger partial charge in [0.05, 0.1) is 33.3 Å². The number of nitrogens with zero attached hydrogens (tertiary/aromatic N) is 3. The Balaban J connectivity index is 1.75. The summed E-state index contributed by atoms with van der Waals surface area (Å²) in [6, 6.07) is 7.25. The van der Waals surface area contributed by atoms with Crippen molar-refractivity contribution in [2.45, 2.75) is 52.7 Å². The fraction of sp³-hybridized carbons (Fsp3) is 0.480. The van der Waals surface area contributed by atoms with Crippen LogP contribution in [0.4, 0.5) is 5.69 Å². The number of carbonyl (C=O) groups excluding carboxylic acids is 2. The molecule has 1 aromatic carbocycles. The van der Waals surface area contributed by atoms with E-state index in [9.17, 15) is 14.7 Å². The molecule has 2 aromatic rings. The number of aromatic nitrogens is 1. The van der Waals surface area contributed by atoms with Gasteiger partial charge in [0.1, 0.15) is 0 Å². The Kier molecular flexibility index (Phi) is 6.86. The molecule has 1 N–H and O–H groups in total. The number of Topliss-reactive ketones (excluding diaryl/α,β-unsaturated/α-hetero) is 1. The molecule has 1 saturated heterocycles. The minimum atomic E-state index is -0.665. The first-order chi connectivity index (χ1) is 15.8. The molecular weight excluding hydrogens is 438 g/mol. The SMILES string of the molecule is CCN(CC)c1ccc(C2C(C(=O)c3sc(C)nc3C)=C(O)C(=O)N2CC2CCCO2)cc1. The first-order valence-corrected chi connectivity index (χ1v) is 12.4. The Morgan fingerprint density at radius 1 is 1.24 bits per heavy atom. The third-order valence-corrected chi connectivity index (χ3v) is 7.49. The third-order valence-electron chi connectivity index (χ3n) is 6.42. The van der Waals surface area contributed by atoms with Crippen LogP contribution >= 0.6 is 11.3 Å². The number of amides is 1. The van der Waals surface area contributed by atoms with E-state index in [0.717, 1.165) is 42.2 Å². The van der Waals surface area contributed by atoms with Gasteiger partial charge in [0.25, 0.3) is 5.91 Å². The molecule has 1 amide bonds. The third kappa shape index (κ3) is 4.42. The van der Waals surface area contributed by atoms with Crippen LogP contribution in [0.25, 0.3) is 0 Å². The van der Waals surface area contributed by atoms with E-state index < -0.39 is 17.7 Å². The number of hydrogen-bond acceptors (Lipinski definition) is 7. The Labute approximate surface area is 198 Å². The van der Waals surface area contributed by atoms with E-state index in [4.69, 9.17) is 4.74 Å². The zero-order valence-corrected chi connectivity index (χ0v) is 20.4. The molecule has 0 bridgehead atoms. The molecule has 2 aliphatic heterocycles. The molecule has 0 spiro atoms. The molecule has 2 unspecified atom stereocenters. The second kappa shape index (κ2) is 9.65. The Hall–Kier alpha value is -2.71. The van der Waals surface area contributed by atoms with Gasteiger partial charge in [-0.15, -0.1) is 11.3 Å². The van der Waals surface area contributed by atoms with Crippen molar-refractivity contribution >= 4 is 28.7 Å². The summed E-state index contributed by atoms with van der Waals surface area (Å²) in [5, 5.41) is 11.7. The van der Waals surface area contributed by atoms with E-state index in [0.29, 0.717) is 23.7 Å². The van der Waals surface area contributed by atoms with Gasteiger partial charge in [-0.1, -0.05) is 12.1 Å². The molecule has 0 saturated carbocycles. The van der Waals surface area contributed by atoms with E-state index in [-0.39, 0.29) is 17.5 Å². The van der Waals surface area contributed by atoms with Gasteiger partial charge in [0.2, 0.25) is 5.78 Å². The van der Waals surface area contributed by atoms with Crippen LogP contribution in [0.15, 0.2) is 35.6 Å². The van der Waals surface area contributed by atoms with Crippen molar-refractivity contribution in [3.8, 4) is 0 Å². The predicted molar refractivity (Wildman–Crippen MR) is 129 cm³/mol. The van der Waals surface area contributed by atoms with Gasteiger partial charge in [0.15, 0.2) is 5.76 Å². The summed E-state index contributed by atoms with van der Waals surface area (Å²) in [6.07, 6.45) is 1.70. The van der Waals surface area contributed by atoms with Gasteiger partial charge in [-0.2, -0.15) is 0 Å². The summed E-state index contributed by atoms with van der Waals surface area (Å²) in [4.78, 5) is 35.4. The van der Waals surface area contributed by atoms with Crippen LogP contribution in [0, 0.1) is 13.8 Å². The number of aliphatic hydroxyl groups is 1. The van der Waals surface area contributed by atoms with Crippen LogP contribution in [0.2, 0.25) is 0 Å². The summed E-state index contributed by atoms with van der Waals surface area (Å²) >= 11 is 1.29. The number of anilines is 1. The summed E-state index contributed by atoms with van der Waals surface area (Å²) in [7, 11) is 0. The number of ketones is 1. The second-order valence-electron chi connectivity index (χ2n) is 8.50. The van der Waals surface area contributed by atoms with Crippen LogP contribution in [0.1, 0.15) is 58.7 Å². The number of benzene rings is 1. The van der Waals surface area contributed by atoms with E-state index in [2.05, 4.69) is 23.7 Å². The van der Waals surface area contributed by atoms with E-state index in [1.165, 1.54) is 11.3 Å². The highest BCUT2D eigenvalue weighted by Crippen LogP contribution is 2.41. The maximum atomic E-state index is 13.6. The van der Waals surface area contributed by atoms with E-state index in [1.807, 2.05) is 31.2 Å². The maximum absolute atomic E-state index is 13.6. The topological polar surface area (TPSA) is 83.0 Å². The van der Waals surface area contributed by atoms with Crippen LogP contribution < -0.4 is 4.90 Å². The molecule has 3 heterocycles. The lowest BCUT2D eigenvalue weighted by molar-refractivity contribution is -0.131. The number of aliphatic hydroxyl groups excluding tert-OH is 1. The average molecular weight is 470 g/mol. The normalized spacial score (nSPS) is 20.7. The zero-order chi connectivity index (χ0) is 23.7. The Morgan fingerprint density at radius 2 is 1.94 bits per heavy atom. The summed E-state index contributed by atoms with van der Waals surface area (Å²) in [5.74, 6) is -1.33. The molecule has 2 atom stereocenters. The lowest BCUT2D eigenvalue weighted by Crippen LogP contribution is -2.37. The molecule has 0 radical (unpaired) electrons. The number of hydrogen-bond donors (Lipinski definition) is 1. The molecule has 1 aromatic heterocycles. The van der Waals surface area contributed by atoms with Crippen molar-refractivity contribution in [1.82, 2.24) is 9.88 Å². The van der Waals surface area contributed by atoms with Gasteiger partial charge in [-0.25, -0.2) is 4.98 Å². The molecule has 8 heteroatoms. The van der Waals surface area contributed by atoms with Crippen LogP contribution in [0.5, 0.6) is 0 Å². The molecule has 1 fully saturated rings. The zero-order valence-electron chi connectivity index (χ0n) is 19.6. The largest absolute Gasteiger partial charge is 0.503 e. The fourth-order valence-corrected chi connectivity index (χ4v) is 5.62. The van der Waals surface area contributed by atoms with Crippen molar-refractivity contribution in [1.29, 1.82) is 0 Å². The van der Waals surface area contributed by atoms with Gasteiger partial charge in [0, 0.05) is 31.9 Å². The van der Waals surface area contributed by atoms with E-state index in [1.54, 1.807) is 11.8 Å². The quantitative estimate of drug-likeness (QED) is 0.579. The van der Waals surface area contributed by atoms with Crippen molar-refractivity contribution in [3.63, 3.8) is 0 Å². The highest BCUT2D eigenvalue weighted by atomic mass is 32.1. The average Bonchev–Trinajstić information content (AvgIpc) is 3.50. The van der Waals surface area contributed by atoms with E-state index >= 15 is 0 Å². The first-order valence-electron chi connectivity index (χ1n) is 11.5. The van der Waals surface area contributed by atoms with Gasteiger partial charge in [-0.3, -0.25) is 9.59 Å². The lowest BCUT2D eigenvalue weighted by Gasteiger charge is -2.29. The maximum Gasteiger partial charge on any atom is 0.290 e. The molecular formula is C25H31N3O4S. The van der Waals surface area contributed by atoms with Crippen molar-refractivity contribution in [2.24, 2.45) is 0 Å². The highest BCUT2D eigenvalue weighted by molar-refractivity contribution is 7.14. The standard InChI is InChI=1S/C25H31N3O4S/c1-5-27(6-2)18-11-9-17(10-12-18)21-20(22(29)24-15(3)26-16(4)33-24)23(30)25(31)28(21)14-19-8-7-13-32-19/h9-12,19,21,30H,5-8,13-14H2,1-4H3. The van der Waals surface area contributed by atoms with Gasteiger partial charge in [-0.05, 0) is 58.2 Å². The summed E-state index contributed by atoms with van der Waals surface area (Å²) in [5.41, 5.74) is 2.61. The van der Waals surface area contributed by atoms with Crippen molar-refractivity contribution < 1.29 is 19.4 Å². The van der Waals surface area contributed by atoms with Gasteiger partial charge >= 0.3 is 0 Å². The number of carbonyl (C=O) groups is 2. The monoisotopic (exact) mass is 469 g/mol. The number of rotatable bonds is 8. The van der Waals surface area contributed by atoms with Crippen LogP contribution in [-0.4, -0.2) is 59.0 Å². The van der Waals surface area contributed by atoms with Crippen molar-refractivity contribution in [3.05, 3.63) is 56.7 Å². The minimum Gasteiger partial charge on any atom is -0.503 e. The summed E-state index contributed by atoms with van der Waals surface area (Å²) < 4.78 is 5.77. The minimum absolute atomic E-state index is 0.0963. The van der Waals surface area contributed by atoms with Crippen LogP contribution in [0.3, 0.4) is 0 Å². The molecule has 2 aliphatic rings. The molecule has 4 rings (SSSR count). The summed E-state index contributed by atoms with van der Waals surface area (Å²) in [6.45, 7) is 10.6. The van der Waals surface area contributed by atoms with Gasteiger partial charge < -0.3 is 19.6 Å². The Bertz CT molecular complexity index is 1070.